The number of nitrogens with zero attached hydrogens (tertiary/aromatic N) is 3. The third-order valence-corrected chi connectivity index (χ3v) is 2.98. The zero-order chi connectivity index (χ0) is 12.0. The predicted octanol–water partition coefficient (Wildman–Crippen LogP) is 1.93. The third-order valence-electron chi connectivity index (χ3n) is 2.98. The van der Waals surface area contributed by atoms with E-state index in [4.69, 9.17) is 0 Å². The van der Waals surface area contributed by atoms with Gasteiger partial charge in [-0.1, -0.05) is 6.92 Å². The van der Waals surface area contributed by atoms with Crippen molar-refractivity contribution in [3.05, 3.63) is 18.1 Å². The fourth-order valence-corrected chi connectivity index (χ4v) is 1.46. The van der Waals surface area contributed by atoms with E-state index in [0.29, 0.717) is 6.04 Å². The first-order valence-electron chi connectivity index (χ1n) is 5.86. The molecular formula is C12H22N4. The molecule has 0 aliphatic heterocycles. The number of anilines is 1. The van der Waals surface area contributed by atoms with Crippen molar-refractivity contribution >= 4 is 5.82 Å². The van der Waals surface area contributed by atoms with Crippen LogP contribution in [0.2, 0.25) is 0 Å². The average molecular weight is 222 g/mol. The zero-order valence-corrected chi connectivity index (χ0v) is 10.7. The van der Waals surface area contributed by atoms with Gasteiger partial charge in [-0.25, -0.2) is 4.98 Å². The van der Waals surface area contributed by atoms with Gasteiger partial charge in [-0.05, 0) is 27.3 Å². The second-order valence-corrected chi connectivity index (χ2v) is 4.16. The number of nitrogens with one attached hydrogen (secondary N) is 1. The maximum atomic E-state index is 4.25. The molecule has 16 heavy (non-hydrogen) atoms. The van der Waals surface area contributed by atoms with Gasteiger partial charge in [-0.2, -0.15) is 0 Å². The number of rotatable bonds is 6. The SMILES string of the molecule is CCC(C)N(C)CCNc1nccnc1C. The molecule has 4 nitrogen and oxygen atoms in total. The number of hydrogen-bond acceptors (Lipinski definition) is 4. The molecule has 0 aromatic carbocycles. The summed E-state index contributed by atoms with van der Waals surface area (Å²) in [6.45, 7) is 8.34. The van der Waals surface area contributed by atoms with E-state index in [0.717, 1.165) is 24.6 Å². The maximum absolute atomic E-state index is 4.25. The minimum absolute atomic E-state index is 0.629. The third kappa shape index (κ3) is 3.77. The second kappa shape index (κ2) is 6.43. The molecule has 0 spiro atoms. The summed E-state index contributed by atoms with van der Waals surface area (Å²) in [6.07, 6.45) is 4.61. The van der Waals surface area contributed by atoms with Crippen LogP contribution in [0.3, 0.4) is 0 Å². The highest BCUT2D eigenvalue weighted by molar-refractivity contribution is 5.38. The Kier molecular flexibility index (Phi) is 5.19. The molecule has 1 heterocycles. The van der Waals surface area contributed by atoms with Gasteiger partial charge in [0.15, 0.2) is 0 Å². The predicted molar refractivity (Wildman–Crippen MR) is 67.6 cm³/mol. The number of hydrogen-bond donors (Lipinski definition) is 1. The Labute approximate surface area is 98.1 Å². The molecule has 1 N–H and O–H groups in total. The van der Waals surface area contributed by atoms with E-state index in [-0.39, 0.29) is 0 Å². The summed E-state index contributed by atoms with van der Waals surface area (Å²) < 4.78 is 0. The first kappa shape index (κ1) is 12.9. The van der Waals surface area contributed by atoms with Gasteiger partial charge in [0.25, 0.3) is 0 Å². The highest BCUT2D eigenvalue weighted by Gasteiger charge is 2.06. The van der Waals surface area contributed by atoms with Gasteiger partial charge in [0.2, 0.25) is 0 Å². The topological polar surface area (TPSA) is 41.0 Å². The van der Waals surface area contributed by atoms with Crippen LogP contribution in [-0.4, -0.2) is 41.0 Å². The molecule has 0 fully saturated rings. The van der Waals surface area contributed by atoms with Crippen molar-refractivity contribution in [1.29, 1.82) is 0 Å². The van der Waals surface area contributed by atoms with Crippen molar-refractivity contribution in [2.24, 2.45) is 0 Å². The Morgan fingerprint density at radius 1 is 1.38 bits per heavy atom. The minimum atomic E-state index is 0.629. The molecule has 0 bridgehead atoms. The van der Waals surface area contributed by atoms with Gasteiger partial charge in [0.05, 0.1) is 5.69 Å². The fourth-order valence-electron chi connectivity index (χ4n) is 1.46. The molecule has 1 unspecified atom stereocenters. The molecule has 0 saturated carbocycles. The van der Waals surface area contributed by atoms with Crippen LogP contribution in [-0.2, 0) is 0 Å². The van der Waals surface area contributed by atoms with Gasteiger partial charge in [-0.15, -0.1) is 0 Å². The maximum Gasteiger partial charge on any atom is 0.147 e. The Morgan fingerprint density at radius 2 is 2.06 bits per heavy atom. The van der Waals surface area contributed by atoms with Crippen molar-refractivity contribution in [2.45, 2.75) is 33.2 Å². The van der Waals surface area contributed by atoms with Crippen LogP contribution in [0.5, 0.6) is 0 Å². The molecule has 1 rings (SSSR count). The Balaban J connectivity index is 2.33. The summed E-state index contributed by atoms with van der Waals surface area (Å²) in [4.78, 5) is 10.8. The first-order valence-corrected chi connectivity index (χ1v) is 5.86. The summed E-state index contributed by atoms with van der Waals surface area (Å²) in [5.74, 6) is 0.889. The number of aromatic nitrogens is 2. The lowest BCUT2D eigenvalue weighted by Gasteiger charge is -2.23. The molecule has 1 aromatic rings. The highest BCUT2D eigenvalue weighted by atomic mass is 15.1. The zero-order valence-electron chi connectivity index (χ0n) is 10.7. The van der Waals surface area contributed by atoms with Crippen LogP contribution < -0.4 is 5.32 Å². The minimum Gasteiger partial charge on any atom is -0.367 e. The molecule has 0 aliphatic rings. The van der Waals surface area contributed by atoms with Crippen LogP contribution in [0, 0.1) is 6.92 Å². The number of aryl methyl sites for hydroxylation is 1. The Morgan fingerprint density at radius 3 is 2.69 bits per heavy atom. The van der Waals surface area contributed by atoms with Crippen LogP contribution >= 0.6 is 0 Å². The molecule has 0 saturated heterocycles. The number of likely N-dealkylation sites (N-methyl/N-ethyl adjacent to an activating group) is 1. The monoisotopic (exact) mass is 222 g/mol. The van der Waals surface area contributed by atoms with Crippen LogP contribution in [0.4, 0.5) is 5.82 Å². The van der Waals surface area contributed by atoms with Crippen LogP contribution in [0.15, 0.2) is 12.4 Å². The first-order chi connectivity index (χ1) is 7.65. The van der Waals surface area contributed by atoms with E-state index >= 15 is 0 Å². The van der Waals surface area contributed by atoms with Crippen molar-refractivity contribution in [2.75, 3.05) is 25.5 Å². The Bertz CT molecular complexity index is 314. The highest BCUT2D eigenvalue weighted by Crippen LogP contribution is 2.05. The van der Waals surface area contributed by atoms with Gasteiger partial charge >= 0.3 is 0 Å². The smallest absolute Gasteiger partial charge is 0.147 e. The molecule has 90 valence electrons. The molecule has 1 atom stereocenters. The molecule has 1 aromatic heterocycles. The normalized spacial score (nSPS) is 12.8. The van der Waals surface area contributed by atoms with Gasteiger partial charge in [0.1, 0.15) is 5.82 Å². The average Bonchev–Trinajstić information content (AvgIpc) is 2.30. The summed E-state index contributed by atoms with van der Waals surface area (Å²) in [5, 5.41) is 3.31. The molecule has 0 radical (unpaired) electrons. The summed E-state index contributed by atoms with van der Waals surface area (Å²) in [6, 6.07) is 0.629. The van der Waals surface area contributed by atoms with Crippen molar-refractivity contribution in [1.82, 2.24) is 14.9 Å². The van der Waals surface area contributed by atoms with Crippen molar-refractivity contribution in [3.63, 3.8) is 0 Å². The molecular weight excluding hydrogens is 200 g/mol. The van der Waals surface area contributed by atoms with Gasteiger partial charge in [-0.3, -0.25) is 4.98 Å². The van der Waals surface area contributed by atoms with E-state index in [2.05, 4.69) is 41.1 Å². The van der Waals surface area contributed by atoms with E-state index in [1.165, 1.54) is 6.42 Å². The lowest BCUT2D eigenvalue weighted by atomic mass is 10.2. The fraction of sp³-hybridized carbons (Fsp3) is 0.667. The molecule has 0 aliphatic carbocycles. The molecule has 0 amide bonds. The summed E-state index contributed by atoms with van der Waals surface area (Å²) >= 11 is 0. The lowest BCUT2D eigenvalue weighted by Crippen LogP contribution is -2.32. The van der Waals surface area contributed by atoms with E-state index in [9.17, 15) is 0 Å². The van der Waals surface area contributed by atoms with Crippen molar-refractivity contribution in [3.8, 4) is 0 Å². The molecule has 4 heteroatoms. The van der Waals surface area contributed by atoms with Crippen LogP contribution in [0.25, 0.3) is 0 Å². The van der Waals surface area contributed by atoms with Crippen molar-refractivity contribution < 1.29 is 0 Å². The van der Waals surface area contributed by atoms with E-state index in [1.54, 1.807) is 12.4 Å². The van der Waals surface area contributed by atoms with Crippen LogP contribution in [0.1, 0.15) is 26.0 Å². The van der Waals surface area contributed by atoms with E-state index < -0.39 is 0 Å². The standard InChI is InChI=1S/C12H22N4/c1-5-10(2)16(4)9-8-15-12-11(3)13-6-7-14-12/h6-7,10H,5,8-9H2,1-4H3,(H,14,15). The lowest BCUT2D eigenvalue weighted by molar-refractivity contribution is 0.261. The quantitative estimate of drug-likeness (QED) is 0.798. The largest absolute Gasteiger partial charge is 0.367 e. The second-order valence-electron chi connectivity index (χ2n) is 4.16. The summed E-state index contributed by atoms with van der Waals surface area (Å²) in [7, 11) is 2.15. The van der Waals surface area contributed by atoms with Gasteiger partial charge in [0, 0.05) is 31.5 Å². The Hall–Kier alpha value is -1.16. The van der Waals surface area contributed by atoms with Gasteiger partial charge < -0.3 is 10.2 Å². The summed E-state index contributed by atoms with van der Waals surface area (Å²) in [5.41, 5.74) is 0.952. The van der Waals surface area contributed by atoms with E-state index in [1.807, 2.05) is 6.92 Å².